The molecule has 0 atom stereocenters. The molecule has 1 aromatic heterocycles. The topological polar surface area (TPSA) is 105 Å². The molecule has 1 aromatic carbocycles. The lowest BCUT2D eigenvalue weighted by molar-refractivity contribution is -0.115. The zero-order valence-corrected chi connectivity index (χ0v) is 23.9. The van der Waals surface area contributed by atoms with Gasteiger partial charge >= 0.3 is 6.09 Å². The predicted octanol–water partition coefficient (Wildman–Crippen LogP) is 4.70. The molecule has 1 aliphatic carbocycles. The third-order valence-corrected chi connectivity index (χ3v) is 6.84. The fourth-order valence-electron chi connectivity index (χ4n) is 4.78. The van der Waals surface area contributed by atoms with Crippen LogP contribution in [0.1, 0.15) is 81.0 Å². The molecule has 11 heteroatoms. The molecule has 10 nitrogen and oxygen atoms in total. The number of hydroxylamine groups is 2. The minimum atomic E-state index is -0.706. The minimum absolute atomic E-state index is 0.0110. The number of nitrogens with zero attached hydrogens (tertiary/aromatic N) is 5. The molecule has 0 radical (unpaired) electrons. The van der Waals surface area contributed by atoms with E-state index in [1.165, 1.54) is 24.5 Å². The standard InChI is InChI=1S/C29H38FN5O5/c1-6-34(39-7-2)27(37)23-11-8-19(16-24(23)30)25-31-17-20(18-32-25)26(36)35(21-9-10-21)22-12-14-33(15-13-22)28(38)40-29(3,4)5/h8,11,16-18,21-22H,6-7,9-10,12-15H2,1-5H3. The summed E-state index contributed by atoms with van der Waals surface area (Å²) < 4.78 is 20.3. The lowest BCUT2D eigenvalue weighted by Crippen LogP contribution is -2.50. The first-order valence-electron chi connectivity index (χ1n) is 13.9. The SMILES string of the molecule is CCON(CC)C(=O)c1ccc(-c2ncc(C(=O)N(C3CC3)C3CCN(C(=O)OC(C)(C)C)CC3)cn2)cc1F. The third-order valence-electron chi connectivity index (χ3n) is 6.84. The van der Waals surface area contributed by atoms with Crippen molar-refractivity contribution in [3.8, 4) is 11.4 Å². The fraction of sp³-hybridized carbons (Fsp3) is 0.552. The second-order valence-corrected chi connectivity index (χ2v) is 11.0. The number of hydrogen-bond acceptors (Lipinski definition) is 7. The lowest BCUT2D eigenvalue weighted by atomic mass is 10.0. The molecule has 216 valence electrons. The Bertz CT molecular complexity index is 1220. The molecule has 0 spiro atoms. The van der Waals surface area contributed by atoms with Crippen molar-refractivity contribution in [1.82, 2.24) is 24.8 Å². The van der Waals surface area contributed by atoms with Gasteiger partial charge < -0.3 is 14.5 Å². The van der Waals surface area contributed by atoms with Crippen LogP contribution in [0.3, 0.4) is 0 Å². The number of amides is 3. The van der Waals surface area contributed by atoms with Gasteiger partial charge in [-0.3, -0.25) is 14.4 Å². The van der Waals surface area contributed by atoms with E-state index in [2.05, 4.69) is 9.97 Å². The summed E-state index contributed by atoms with van der Waals surface area (Å²) in [7, 11) is 0. The number of benzene rings is 1. The van der Waals surface area contributed by atoms with Gasteiger partial charge in [-0.25, -0.2) is 24.2 Å². The predicted molar refractivity (Wildman–Crippen MR) is 146 cm³/mol. The molecule has 0 unspecified atom stereocenters. The van der Waals surface area contributed by atoms with Crippen LogP contribution in [-0.4, -0.2) is 86.7 Å². The first kappa shape index (κ1) is 29.4. The van der Waals surface area contributed by atoms with Gasteiger partial charge in [0.25, 0.3) is 11.8 Å². The largest absolute Gasteiger partial charge is 0.444 e. The molecule has 2 aromatic rings. The van der Waals surface area contributed by atoms with E-state index in [1.54, 1.807) is 24.8 Å². The normalized spacial score (nSPS) is 16.0. The first-order valence-corrected chi connectivity index (χ1v) is 13.9. The summed E-state index contributed by atoms with van der Waals surface area (Å²) in [4.78, 5) is 56.1. The number of likely N-dealkylation sites (tertiary alicyclic amines) is 1. The summed E-state index contributed by atoms with van der Waals surface area (Å²) >= 11 is 0. The van der Waals surface area contributed by atoms with E-state index < -0.39 is 17.3 Å². The van der Waals surface area contributed by atoms with Crippen LogP contribution in [0.2, 0.25) is 0 Å². The van der Waals surface area contributed by atoms with Crippen molar-refractivity contribution in [3.05, 3.63) is 47.5 Å². The molecule has 3 amide bonds. The van der Waals surface area contributed by atoms with E-state index in [4.69, 9.17) is 9.57 Å². The number of piperidine rings is 1. The zero-order valence-electron chi connectivity index (χ0n) is 23.9. The fourth-order valence-corrected chi connectivity index (χ4v) is 4.78. The number of carbonyl (C=O) groups excluding carboxylic acids is 3. The van der Waals surface area contributed by atoms with Gasteiger partial charge in [0.05, 0.1) is 17.7 Å². The Hall–Kier alpha value is -3.60. The van der Waals surface area contributed by atoms with Gasteiger partial charge in [-0.05, 0) is 72.4 Å². The zero-order chi connectivity index (χ0) is 29.0. The molecule has 1 aliphatic heterocycles. The van der Waals surface area contributed by atoms with Crippen LogP contribution in [0.4, 0.5) is 9.18 Å². The summed E-state index contributed by atoms with van der Waals surface area (Å²) in [5.41, 5.74) is 0.0822. The highest BCUT2D eigenvalue weighted by atomic mass is 19.1. The molecule has 2 heterocycles. The Labute approximate surface area is 234 Å². The van der Waals surface area contributed by atoms with E-state index in [0.717, 1.165) is 17.9 Å². The van der Waals surface area contributed by atoms with Crippen LogP contribution in [0, 0.1) is 5.82 Å². The minimum Gasteiger partial charge on any atom is -0.444 e. The van der Waals surface area contributed by atoms with Gasteiger partial charge in [-0.15, -0.1) is 0 Å². The van der Waals surface area contributed by atoms with Gasteiger partial charge in [-0.1, -0.05) is 6.07 Å². The van der Waals surface area contributed by atoms with E-state index in [1.807, 2.05) is 25.7 Å². The Balaban J connectivity index is 1.43. The van der Waals surface area contributed by atoms with Gasteiger partial charge in [0.1, 0.15) is 11.4 Å². The monoisotopic (exact) mass is 555 g/mol. The average molecular weight is 556 g/mol. The number of rotatable bonds is 8. The lowest BCUT2D eigenvalue weighted by Gasteiger charge is -2.39. The van der Waals surface area contributed by atoms with Crippen molar-refractivity contribution in [2.75, 3.05) is 26.2 Å². The summed E-state index contributed by atoms with van der Waals surface area (Å²) in [6.07, 6.45) is 5.82. The molecule has 0 bridgehead atoms. The number of hydrogen-bond donors (Lipinski definition) is 0. The van der Waals surface area contributed by atoms with Gasteiger partial charge in [0.15, 0.2) is 5.82 Å². The molecular weight excluding hydrogens is 517 g/mol. The second-order valence-electron chi connectivity index (χ2n) is 11.0. The molecule has 1 saturated heterocycles. The van der Waals surface area contributed by atoms with Crippen molar-refractivity contribution in [3.63, 3.8) is 0 Å². The van der Waals surface area contributed by atoms with E-state index >= 15 is 0 Å². The Morgan fingerprint density at radius 1 is 1.00 bits per heavy atom. The summed E-state index contributed by atoms with van der Waals surface area (Å²) in [6.45, 7) is 10.6. The van der Waals surface area contributed by atoms with Crippen LogP contribution in [0.25, 0.3) is 11.4 Å². The van der Waals surface area contributed by atoms with Crippen LogP contribution in [0.5, 0.6) is 0 Å². The molecular formula is C29H38FN5O5. The highest BCUT2D eigenvalue weighted by molar-refractivity contribution is 5.95. The maximum absolute atomic E-state index is 14.8. The number of aromatic nitrogens is 2. The first-order chi connectivity index (χ1) is 19.0. The highest BCUT2D eigenvalue weighted by Gasteiger charge is 2.40. The van der Waals surface area contributed by atoms with Gasteiger partial charge in [-0.2, -0.15) is 0 Å². The molecule has 2 fully saturated rings. The number of carbonyl (C=O) groups is 3. The van der Waals surface area contributed by atoms with Gasteiger partial charge in [0, 0.05) is 49.7 Å². The molecule has 4 rings (SSSR count). The van der Waals surface area contributed by atoms with Crippen molar-refractivity contribution in [2.45, 2.75) is 78.0 Å². The van der Waals surface area contributed by atoms with E-state index in [9.17, 15) is 18.8 Å². The van der Waals surface area contributed by atoms with Crippen molar-refractivity contribution in [2.24, 2.45) is 0 Å². The molecule has 40 heavy (non-hydrogen) atoms. The molecule has 1 saturated carbocycles. The van der Waals surface area contributed by atoms with E-state index in [0.29, 0.717) is 43.7 Å². The molecule has 2 aliphatic rings. The average Bonchev–Trinajstić information content (AvgIpc) is 3.76. The maximum atomic E-state index is 14.8. The highest BCUT2D eigenvalue weighted by Crippen LogP contribution is 2.33. The van der Waals surface area contributed by atoms with Crippen molar-refractivity contribution >= 4 is 17.9 Å². The van der Waals surface area contributed by atoms with Gasteiger partial charge in [0.2, 0.25) is 0 Å². The Morgan fingerprint density at radius 3 is 2.15 bits per heavy atom. The Kier molecular flexibility index (Phi) is 9.02. The third kappa shape index (κ3) is 6.93. The smallest absolute Gasteiger partial charge is 0.410 e. The second kappa shape index (κ2) is 12.3. The quantitative estimate of drug-likeness (QED) is 0.435. The summed E-state index contributed by atoms with van der Waals surface area (Å²) in [5, 5.41) is 1.11. The number of halogens is 1. The van der Waals surface area contributed by atoms with Crippen molar-refractivity contribution < 1.29 is 28.3 Å². The van der Waals surface area contributed by atoms with Crippen LogP contribution >= 0.6 is 0 Å². The van der Waals surface area contributed by atoms with Crippen LogP contribution < -0.4 is 0 Å². The molecule has 0 N–H and O–H groups in total. The Morgan fingerprint density at radius 2 is 1.62 bits per heavy atom. The van der Waals surface area contributed by atoms with E-state index in [-0.39, 0.29) is 42.0 Å². The number of ether oxygens (including phenoxy) is 1. The van der Waals surface area contributed by atoms with Crippen LogP contribution in [-0.2, 0) is 9.57 Å². The summed E-state index contributed by atoms with van der Waals surface area (Å²) in [6, 6.07) is 4.34. The van der Waals surface area contributed by atoms with Crippen LogP contribution in [0.15, 0.2) is 30.6 Å². The van der Waals surface area contributed by atoms with Crippen molar-refractivity contribution in [1.29, 1.82) is 0 Å². The maximum Gasteiger partial charge on any atom is 0.410 e. The summed E-state index contributed by atoms with van der Waals surface area (Å²) in [5.74, 6) is -1.17.